The Balaban J connectivity index is 1.84. The van der Waals surface area contributed by atoms with Crippen molar-refractivity contribution in [1.82, 2.24) is 15.0 Å². The summed E-state index contributed by atoms with van der Waals surface area (Å²) in [6.45, 7) is 0. The molecule has 154 valence electrons. The maximum absolute atomic E-state index is 12.1. The van der Waals surface area contributed by atoms with Crippen LogP contribution in [0.5, 0.6) is 11.6 Å². The zero-order valence-electron chi connectivity index (χ0n) is 16.7. The summed E-state index contributed by atoms with van der Waals surface area (Å²) in [5, 5.41) is 0.665. The first-order valence-corrected chi connectivity index (χ1v) is 9.26. The third-order valence-corrected chi connectivity index (χ3v) is 4.45. The lowest BCUT2D eigenvalue weighted by molar-refractivity contribution is 0.0598. The van der Waals surface area contributed by atoms with E-state index in [9.17, 15) is 9.59 Å². The average molecular weight is 415 g/mol. The van der Waals surface area contributed by atoms with Gasteiger partial charge in [-0.3, -0.25) is 4.98 Å². The lowest BCUT2D eigenvalue weighted by atomic mass is 10.1. The second kappa shape index (κ2) is 8.58. The van der Waals surface area contributed by atoms with E-state index in [0.29, 0.717) is 16.7 Å². The van der Waals surface area contributed by atoms with E-state index in [2.05, 4.69) is 15.0 Å². The number of esters is 2. The number of nitrogens with zero attached hydrogens (tertiary/aromatic N) is 3. The minimum atomic E-state index is -0.612. The van der Waals surface area contributed by atoms with Crippen LogP contribution < -0.4 is 4.74 Å². The predicted molar refractivity (Wildman–Crippen MR) is 112 cm³/mol. The lowest BCUT2D eigenvalue weighted by Gasteiger charge is -2.12. The number of methoxy groups -OCH3 is 2. The highest BCUT2D eigenvalue weighted by atomic mass is 16.5. The molecule has 0 atom stereocenters. The number of ether oxygens (including phenoxy) is 3. The van der Waals surface area contributed by atoms with Gasteiger partial charge in [-0.1, -0.05) is 12.1 Å². The maximum Gasteiger partial charge on any atom is 0.338 e. The number of aromatic nitrogens is 3. The van der Waals surface area contributed by atoms with Gasteiger partial charge in [0, 0.05) is 18.0 Å². The van der Waals surface area contributed by atoms with Crippen LogP contribution in [0.25, 0.3) is 22.3 Å². The first-order valence-electron chi connectivity index (χ1n) is 9.26. The molecule has 0 unspecified atom stereocenters. The van der Waals surface area contributed by atoms with Crippen molar-refractivity contribution in [3.05, 3.63) is 78.1 Å². The fourth-order valence-corrected chi connectivity index (χ4v) is 2.99. The van der Waals surface area contributed by atoms with Crippen molar-refractivity contribution >= 4 is 22.8 Å². The van der Waals surface area contributed by atoms with Crippen molar-refractivity contribution < 1.29 is 23.8 Å². The Hall–Kier alpha value is -4.33. The fraction of sp³-hybridized carbons (Fsp3) is 0.0870. The molecule has 0 saturated heterocycles. The highest BCUT2D eigenvalue weighted by Gasteiger charge is 2.17. The summed E-state index contributed by atoms with van der Waals surface area (Å²) in [5.74, 6) is -0.302. The Bertz CT molecular complexity index is 1240. The Morgan fingerprint density at radius 3 is 2.19 bits per heavy atom. The quantitative estimate of drug-likeness (QED) is 0.450. The molecule has 0 aliphatic heterocycles. The monoisotopic (exact) mass is 415 g/mol. The molecular weight excluding hydrogens is 398 g/mol. The average Bonchev–Trinajstić information content (AvgIpc) is 2.83. The summed E-state index contributed by atoms with van der Waals surface area (Å²) < 4.78 is 15.6. The largest absolute Gasteiger partial charge is 0.465 e. The molecule has 8 nitrogen and oxygen atoms in total. The van der Waals surface area contributed by atoms with Crippen LogP contribution in [-0.4, -0.2) is 41.1 Å². The summed E-state index contributed by atoms with van der Waals surface area (Å²) in [5.41, 5.74) is 1.68. The SMILES string of the molecule is COC(=O)c1cc(Oc2nc(-c3cccnc3)nc3ccccc23)cc(C(=O)OC)c1. The molecule has 0 spiro atoms. The summed E-state index contributed by atoms with van der Waals surface area (Å²) in [6.07, 6.45) is 3.32. The van der Waals surface area contributed by atoms with Gasteiger partial charge in [-0.05, 0) is 42.5 Å². The van der Waals surface area contributed by atoms with E-state index >= 15 is 0 Å². The summed E-state index contributed by atoms with van der Waals surface area (Å²) >= 11 is 0. The first kappa shape index (κ1) is 20.0. The molecule has 4 aromatic rings. The van der Waals surface area contributed by atoms with Crippen molar-refractivity contribution in [1.29, 1.82) is 0 Å². The zero-order valence-corrected chi connectivity index (χ0v) is 16.7. The molecule has 2 aromatic heterocycles. The molecule has 0 radical (unpaired) electrons. The number of pyridine rings is 1. The number of hydrogen-bond acceptors (Lipinski definition) is 8. The molecule has 0 aliphatic carbocycles. The zero-order chi connectivity index (χ0) is 21.8. The van der Waals surface area contributed by atoms with Crippen LogP contribution in [-0.2, 0) is 9.47 Å². The molecule has 0 amide bonds. The number of carbonyl (C=O) groups excluding carboxylic acids is 2. The van der Waals surface area contributed by atoms with E-state index in [0.717, 1.165) is 5.56 Å². The second-order valence-corrected chi connectivity index (χ2v) is 6.44. The van der Waals surface area contributed by atoms with Gasteiger partial charge in [0.2, 0.25) is 5.88 Å². The van der Waals surface area contributed by atoms with Gasteiger partial charge in [0.15, 0.2) is 5.82 Å². The van der Waals surface area contributed by atoms with Crippen molar-refractivity contribution in [3.63, 3.8) is 0 Å². The van der Waals surface area contributed by atoms with Gasteiger partial charge in [-0.2, -0.15) is 4.98 Å². The van der Waals surface area contributed by atoms with E-state index in [-0.39, 0.29) is 22.8 Å². The number of benzene rings is 2. The first-order chi connectivity index (χ1) is 15.1. The van der Waals surface area contributed by atoms with Gasteiger partial charge in [-0.15, -0.1) is 0 Å². The van der Waals surface area contributed by atoms with Gasteiger partial charge in [0.1, 0.15) is 5.75 Å². The summed E-state index contributed by atoms with van der Waals surface area (Å²) in [6, 6.07) is 15.3. The molecule has 2 aromatic carbocycles. The lowest BCUT2D eigenvalue weighted by Crippen LogP contribution is -2.07. The number of hydrogen-bond donors (Lipinski definition) is 0. The van der Waals surface area contributed by atoms with Crippen LogP contribution in [0.1, 0.15) is 20.7 Å². The minimum Gasteiger partial charge on any atom is -0.465 e. The Morgan fingerprint density at radius 1 is 0.839 bits per heavy atom. The molecule has 2 heterocycles. The molecule has 0 saturated carbocycles. The molecule has 0 bridgehead atoms. The molecule has 0 N–H and O–H groups in total. The number of rotatable bonds is 5. The molecule has 4 rings (SSSR count). The van der Waals surface area contributed by atoms with Gasteiger partial charge in [0.05, 0.1) is 36.2 Å². The van der Waals surface area contributed by atoms with Crippen molar-refractivity contribution in [3.8, 4) is 23.0 Å². The molecule has 0 fully saturated rings. The van der Waals surface area contributed by atoms with Gasteiger partial charge in [-0.25, -0.2) is 14.6 Å². The maximum atomic E-state index is 12.1. The molecule has 0 aliphatic rings. The predicted octanol–water partition coefficient (Wildman–Crippen LogP) is 4.06. The smallest absolute Gasteiger partial charge is 0.338 e. The number of para-hydroxylation sites is 1. The summed E-state index contributed by atoms with van der Waals surface area (Å²) in [4.78, 5) is 37.4. The Morgan fingerprint density at radius 2 is 1.55 bits per heavy atom. The van der Waals surface area contributed by atoms with Crippen LogP contribution in [0.4, 0.5) is 0 Å². The molecular formula is C23H17N3O5. The van der Waals surface area contributed by atoms with E-state index in [4.69, 9.17) is 14.2 Å². The van der Waals surface area contributed by atoms with Crippen LogP contribution in [0.3, 0.4) is 0 Å². The Labute approximate surface area is 177 Å². The van der Waals surface area contributed by atoms with E-state index in [1.54, 1.807) is 18.5 Å². The summed E-state index contributed by atoms with van der Waals surface area (Å²) in [7, 11) is 2.51. The molecule has 31 heavy (non-hydrogen) atoms. The van der Waals surface area contributed by atoms with Crippen molar-refractivity contribution in [2.24, 2.45) is 0 Å². The highest BCUT2D eigenvalue weighted by Crippen LogP contribution is 2.31. The van der Waals surface area contributed by atoms with Crippen molar-refractivity contribution in [2.75, 3.05) is 14.2 Å². The van der Waals surface area contributed by atoms with E-state index in [1.807, 2.05) is 30.3 Å². The third kappa shape index (κ3) is 4.18. The van der Waals surface area contributed by atoms with Crippen LogP contribution in [0, 0.1) is 0 Å². The van der Waals surface area contributed by atoms with Crippen LogP contribution in [0.2, 0.25) is 0 Å². The van der Waals surface area contributed by atoms with E-state index < -0.39 is 11.9 Å². The number of fused-ring (bicyclic) bond motifs is 1. The van der Waals surface area contributed by atoms with Gasteiger partial charge >= 0.3 is 11.9 Å². The van der Waals surface area contributed by atoms with E-state index in [1.165, 1.54) is 32.4 Å². The van der Waals surface area contributed by atoms with Crippen LogP contribution in [0.15, 0.2) is 67.0 Å². The second-order valence-electron chi connectivity index (χ2n) is 6.44. The number of carbonyl (C=O) groups is 2. The fourth-order valence-electron chi connectivity index (χ4n) is 2.99. The topological polar surface area (TPSA) is 101 Å². The third-order valence-electron chi connectivity index (χ3n) is 4.45. The Kier molecular flexibility index (Phi) is 5.53. The van der Waals surface area contributed by atoms with Crippen molar-refractivity contribution in [2.45, 2.75) is 0 Å². The van der Waals surface area contributed by atoms with Gasteiger partial charge < -0.3 is 14.2 Å². The standard InChI is InChI=1S/C23H17N3O5/c1-29-22(27)15-10-16(23(28)30-2)12-17(11-15)31-21-18-7-3-4-8-19(18)25-20(26-21)14-6-5-9-24-13-14/h3-13H,1-2H3. The van der Waals surface area contributed by atoms with Gasteiger partial charge in [0.25, 0.3) is 0 Å². The highest BCUT2D eigenvalue weighted by molar-refractivity contribution is 5.96. The minimum absolute atomic E-state index is 0.145. The molecule has 8 heteroatoms. The van der Waals surface area contributed by atoms with Crippen LogP contribution >= 0.6 is 0 Å². The normalized spacial score (nSPS) is 10.5.